The molecule has 1 atom stereocenters. The standard InChI is InChI=1S/C18H25F2N3.HI/c1-11(15-8-7-14(19)9-17(15)20)23-18(21-2)22-10-16(12-3-4-12)13-5-6-13;/h7-9,11-13,16H,3-6,10H2,1-2H3,(H2,21,22,23);1H. The first-order chi connectivity index (χ1) is 11.1. The maximum absolute atomic E-state index is 13.9. The summed E-state index contributed by atoms with van der Waals surface area (Å²) in [4.78, 5) is 4.23. The van der Waals surface area contributed by atoms with Crippen LogP contribution < -0.4 is 10.6 Å². The van der Waals surface area contributed by atoms with E-state index in [-0.39, 0.29) is 30.0 Å². The first kappa shape index (κ1) is 19.4. The van der Waals surface area contributed by atoms with Crippen LogP contribution in [0.15, 0.2) is 23.2 Å². The lowest BCUT2D eigenvalue weighted by Gasteiger charge is -2.22. The first-order valence-electron chi connectivity index (χ1n) is 8.50. The van der Waals surface area contributed by atoms with Crippen LogP contribution in [0.1, 0.15) is 44.2 Å². The Hall–Kier alpha value is -0.920. The average Bonchev–Trinajstić information content (AvgIpc) is 3.39. The van der Waals surface area contributed by atoms with E-state index in [0.717, 1.165) is 30.4 Å². The van der Waals surface area contributed by atoms with Crippen molar-refractivity contribution in [2.75, 3.05) is 13.6 Å². The molecule has 0 spiro atoms. The number of hydrogen-bond donors (Lipinski definition) is 2. The molecule has 0 radical (unpaired) electrons. The number of aliphatic imine (C=N–C) groups is 1. The Labute approximate surface area is 159 Å². The van der Waals surface area contributed by atoms with Crippen LogP contribution in [0.25, 0.3) is 0 Å². The number of rotatable bonds is 6. The van der Waals surface area contributed by atoms with Gasteiger partial charge in [0.25, 0.3) is 0 Å². The van der Waals surface area contributed by atoms with Crippen LogP contribution in [-0.4, -0.2) is 19.6 Å². The van der Waals surface area contributed by atoms with E-state index in [2.05, 4.69) is 15.6 Å². The fourth-order valence-corrected chi connectivity index (χ4v) is 3.31. The minimum absolute atomic E-state index is 0. The van der Waals surface area contributed by atoms with Crippen molar-refractivity contribution < 1.29 is 8.78 Å². The Kier molecular flexibility index (Phi) is 6.83. The number of halogens is 3. The van der Waals surface area contributed by atoms with E-state index in [9.17, 15) is 8.78 Å². The number of nitrogens with one attached hydrogen (secondary N) is 2. The molecule has 3 nitrogen and oxygen atoms in total. The molecule has 0 amide bonds. The highest BCUT2D eigenvalue weighted by Crippen LogP contribution is 2.48. The molecule has 2 fully saturated rings. The predicted octanol–water partition coefficient (Wildman–Crippen LogP) is 4.25. The second-order valence-corrected chi connectivity index (χ2v) is 6.82. The zero-order valence-corrected chi connectivity index (χ0v) is 16.5. The Morgan fingerprint density at radius 2 is 1.83 bits per heavy atom. The van der Waals surface area contributed by atoms with E-state index in [4.69, 9.17) is 0 Å². The summed E-state index contributed by atoms with van der Waals surface area (Å²) in [6, 6.07) is 3.40. The van der Waals surface area contributed by atoms with Crippen molar-refractivity contribution in [2.45, 2.75) is 38.6 Å². The Balaban J connectivity index is 0.00000208. The molecular formula is C18H26F2IN3. The van der Waals surface area contributed by atoms with Crippen LogP contribution >= 0.6 is 24.0 Å². The molecule has 1 unspecified atom stereocenters. The third-order valence-corrected chi connectivity index (χ3v) is 4.97. The van der Waals surface area contributed by atoms with Crippen molar-refractivity contribution >= 4 is 29.9 Å². The van der Waals surface area contributed by atoms with Crippen molar-refractivity contribution in [2.24, 2.45) is 22.7 Å². The van der Waals surface area contributed by atoms with Gasteiger partial charge in [-0.2, -0.15) is 0 Å². The Morgan fingerprint density at radius 3 is 2.33 bits per heavy atom. The molecular weight excluding hydrogens is 423 g/mol. The summed E-state index contributed by atoms with van der Waals surface area (Å²) in [7, 11) is 1.71. The second kappa shape index (κ2) is 8.45. The number of hydrogen-bond acceptors (Lipinski definition) is 1. The van der Waals surface area contributed by atoms with Crippen molar-refractivity contribution in [3.8, 4) is 0 Å². The minimum atomic E-state index is -0.558. The van der Waals surface area contributed by atoms with Gasteiger partial charge in [-0.05, 0) is 56.4 Å². The molecule has 24 heavy (non-hydrogen) atoms. The molecule has 1 aromatic rings. The Morgan fingerprint density at radius 1 is 1.21 bits per heavy atom. The topological polar surface area (TPSA) is 36.4 Å². The molecule has 1 aromatic carbocycles. The molecule has 2 N–H and O–H groups in total. The van der Waals surface area contributed by atoms with Gasteiger partial charge in [-0.25, -0.2) is 8.78 Å². The van der Waals surface area contributed by atoms with Gasteiger partial charge in [0, 0.05) is 25.2 Å². The van der Waals surface area contributed by atoms with Crippen LogP contribution in [-0.2, 0) is 0 Å². The molecule has 2 aliphatic rings. The molecule has 0 heterocycles. The van der Waals surface area contributed by atoms with E-state index in [0.29, 0.717) is 11.5 Å². The molecule has 6 heteroatoms. The fourth-order valence-electron chi connectivity index (χ4n) is 3.31. The second-order valence-electron chi connectivity index (χ2n) is 6.82. The third-order valence-electron chi connectivity index (χ3n) is 4.97. The number of guanidine groups is 1. The summed E-state index contributed by atoms with van der Waals surface area (Å²) in [5.74, 6) is 2.08. The minimum Gasteiger partial charge on any atom is -0.356 e. The fraction of sp³-hybridized carbons (Fsp3) is 0.611. The number of nitrogens with zero attached hydrogens (tertiary/aromatic N) is 1. The van der Waals surface area contributed by atoms with Crippen molar-refractivity contribution in [1.29, 1.82) is 0 Å². The van der Waals surface area contributed by atoms with Crippen LogP contribution in [0, 0.1) is 29.4 Å². The maximum Gasteiger partial charge on any atom is 0.191 e. The average molecular weight is 449 g/mol. The summed E-state index contributed by atoms with van der Waals surface area (Å²) in [6.45, 7) is 2.77. The molecule has 0 aliphatic heterocycles. The highest BCUT2D eigenvalue weighted by molar-refractivity contribution is 14.0. The summed E-state index contributed by atoms with van der Waals surface area (Å²) < 4.78 is 26.9. The summed E-state index contributed by atoms with van der Waals surface area (Å²) >= 11 is 0. The van der Waals surface area contributed by atoms with Crippen LogP contribution in [0.2, 0.25) is 0 Å². The van der Waals surface area contributed by atoms with Gasteiger partial charge >= 0.3 is 0 Å². The van der Waals surface area contributed by atoms with Crippen LogP contribution in [0.3, 0.4) is 0 Å². The molecule has 0 saturated heterocycles. The normalized spacial score (nSPS) is 19.0. The lowest BCUT2D eigenvalue weighted by atomic mass is 9.98. The monoisotopic (exact) mass is 449 g/mol. The van der Waals surface area contributed by atoms with Gasteiger partial charge in [0.1, 0.15) is 11.6 Å². The smallest absolute Gasteiger partial charge is 0.191 e. The van der Waals surface area contributed by atoms with E-state index in [1.54, 1.807) is 7.05 Å². The van der Waals surface area contributed by atoms with Gasteiger partial charge in [-0.3, -0.25) is 4.99 Å². The Bertz CT molecular complexity index is 574. The van der Waals surface area contributed by atoms with Crippen molar-refractivity contribution in [1.82, 2.24) is 10.6 Å². The van der Waals surface area contributed by atoms with Gasteiger partial charge in [0.15, 0.2) is 5.96 Å². The van der Waals surface area contributed by atoms with Gasteiger partial charge in [-0.15, -0.1) is 24.0 Å². The lowest BCUT2D eigenvalue weighted by molar-refractivity contribution is 0.399. The predicted molar refractivity (Wildman–Crippen MR) is 104 cm³/mol. The maximum atomic E-state index is 13.9. The van der Waals surface area contributed by atoms with Gasteiger partial charge < -0.3 is 10.6 Å². The van der Waals surface area contributed by atoms with E-state index >= 15 is 0 Å². The van der Waals surface area contributed by atoms with Gasteiger partial charge in [0.05, 0.1) is 6.04 Å². The van der Waals surface area contributed by atoms with Gasteiger partial charge in [0.2, 0.25) is 0 Å². The quantitative estimate of drug-likeness (QED) is 0.387. The molecule has 0 aromatic heterocycles. The highest BCUT2D eigenvalue weighted by atomic mass is 127. The SMILES string of the molecule is CN=C(NCC(C1CC1)C1CC1)NC(C)c1ccc(F)cc1F.I. The molecule has 3 rings (SSSR count). The summed E-state index contributed by atoms with van der Waals surface area (Å²) in [5.41, 5.74) is 0.440. The third kappa shape index (κ3) is 5.04. The largest absolute Gasteiger partial charge is 0.356 e. The van der Waals surface area contributed by atoms with Crippen LogP contribution in [0.5, 0.6) is 0 Å². The summed E-state index contributed by atoms with van der Waals surface area (Å²) in [6.07, 6.45) is 5.41. The zero-order valence-electron chi connectivity index (χ0n) is 14.2. The van der Waals surface area contributed by atoms with E-state index in [1.807, 2.05) is 6.92 Å². The first-order valence-corrected chi connectivity index (χ1v) is 8.50. The van der Waals surface area contributed by atoms with E-state index in [1.165, 1.54) is 37.8 Å². The van der Waals surface area contributed by atoms with Gasteiger partial charge in [-0.1, -0.05) is 6.07 Å². The van der Waals surface area contributed by atoms with E-state index < -0.39 is 11.6 Å². The van der Waals surface area contributed by atoms with Crippen molar-refractivity contribution in [3.05, 3.63) is 35.4 Å². The molecule has 134 valence electrons. The molecule has 2 saturated carbocycles. The zero-order chi connectivity index (χ0) is 16.4. The van der Waals surface area contributed by atoms with Crippen LogP contribution in [0.4, 0.5) is 8.78 Å². The lowest BCUT2D eigenvalue weighted by Crippen LogP contribution is -2.41. The molecule has 0 bridgehead atoms. The highest BCUT2D eigenvalue weighted by Gasteiger charge is 2.41. The summed E-state index contributed by atoms with van der Waals surface area (Å²) in [5, 5.41) is 6.58. The number of benzene rings is 1. The molecule has 2 aliphatic carbocycles. The van der Waals surface area contributed by atoms with Crippen molar-refractivity contribution in [3.63, 3.8) is 0 Å².